The number of aromatic nitrogens is 4. The number of halogens is 1. The van der Waals surface area contributed by atoms with Crippen molar-refractivity contribution in [3.05, 3.63) is 53.2 Å². The molecule has 216 valence electrons. The number of nitrogens with zero attached hydrogens (tertiary/aromatic N) is 4. The van der Waals surface area contributed by atoms with Crippen LogP contribution in [0.1, 0.15) is 49.1 Å². The first kappa shape index (κ1) is 28.0. The first-order valence-electron chi connectivity index (χ1n) is 14.2. The zero-order chi connectivity index (χ0) is 28.7. The molecule has 0 aliphatic heterocycles. The number of pyridine rings is 1. The molecule has 0 amide bonds. The number of benzene rings is 1. The minimum atomic E-state index is -3.48. The van der Waals surface area contributed by atoms with Gasteiger partial charge in [-0.15, -0.1) is 11.3 Å². The van der Waals surface area contributed by atoms with Crippen molar-refractivity contribution in [1.29, 1.82) is 0 Å². The third-order valence-electron chi connectivity index (χ3n) is 8.19. The summed E-state index contributed by atoms with van der Waals surface area (Å²) in [6.07, 6.45) is 6.89. The molecule has 3 heterocycles. The lowest BCUT2D eigenvalue weighted by atomic mass is 10.1. The van der Waals surface area contributed by atoms with Crippen LogP contribution in [0.3, 0.4) is 0 Å². The molecule has 41 heavy (non-hydrogen) atoms. The topological polar surface area (TPSA) is 110 Å². The van der Waals surface area contributed by atoms with Gasteiger partial charge in [0.1, 0.15) is 22.2 Å². The fourth-order valence-electron chi connectivity index (χ4n) is 5.66. The maximum atomic E-state index is 13.7. The zero-order valence-electron chi connectivity index (χ0n) is 23.6. The van der Waals surface area contributed by atoms with Crippen LogP contribution in [0.4, 0.5) is 16.2 Å². The van der Waals surface area contributed by atoms with Gasteiger partial charge in [-0.1, -0.05) is 0 Å². The largest absolute Gasteiger partial charge is 0.369 e. The zero-order valence-corrected chi connectivity index (χ0v) is 25.2. The Balaban J connectivity index is 1.19. The summed E-state index contributed by atoms with van der Waals surface area (Å²) in [4.78, 5) is 19.2. The Morgan fingerprint density at radius 1 is 0.927 bits per heavy atom. The number of sulfone groups is 1. The highest BCUT2D eigenvalue weighted by atomic mass is 32.2. The van der Waals surface area contributed by atoms with Gasteiger partial charge in [-0.3, -0.25) is 4.98 Å². The van der Waals surface area contributed by atoms with E-state index in [1.165, 1.54) is 31.0 Å². The van der Waals surface area contributed by atoms with Crippen molar-refractivity contribution >= 4 is 43.2 Å². The fraction of sp³-hybridized carbons (Fsp3) is 0.467. The van der Waals surface area contributed by atoms with Gasteiger partial charge in [0.25, 0.3) is 0 Å². The lowest BCUT2D eigenvalue weighted by molar-refractivity contribution is 0.525. The second-order valence-corrected chi connectivity index (χ2v) is 14.6. The van der Waals surface area contributed by atoms with E-state index in [1.807, 2.05) is 19.9 Å². The summed E-state index contributed by atoms with van der Waals surface area (Å²) in [5, 5.41) is 7.86. The van der Waals surface area contributed by atoms with Gasteiger partial charge in [-0.25, -0.2) is 22.8 Å². The van der Waals surface area contributed by atoms with Crippen LogP contribution in [0.15, 0.2) is 35.4 Å². The van der Waals surface area contributed by atoms with Crippen molar-refractivity contribution in [3.8, 4) is 10.6 Å². The first-order valence-corrected chi connectivity index (χ1v) is 16.7. The van der Waals surface area contributed by atoms with Gasteiger partial charge in [0, 0.05) is 19.3 Å². The summed E-state index contributed by atoms with van der Waals surface area (Å²) in [7, 11) is -3.48. The molecule has 2 atom stereocenters. The molecule has 0 bridgehead atoms. The molecule has 8 nitrogen and oxygen atoms in total. The summed E-state index contributed by atoms with van der Waals surface area (Å²) < 4.78 is 40.9. The standard InChI is InChI=1S/C30H35FN6O2S2/c1-17-12-23(8-9-24(17)31)41(38,39)16-22-7-6-21(13-22)15-33-28-26(18(2)35-30(37-28)34-14-20-4-5-20)29-36-27-19(3)32-11-10-25(27)40-29/h8-12,20-22H,4-7,13-16H2,1-3H3,(H2,33,34,35,37). The quantitative estimate of drug-likeness (QED) is 0.205. The van der Waals surface area contributed by atoms with Crippen LogP contribution >= 0.6 is 11.3 Å². The molecule has 4 aromatic rings. The molecule has 2 saturated carbocycles. The van der Waals surface area contributed by atoms with E-state index in [4.69, 9.17) is 15.0 Å². The molecule has 0 spiro atoms. The van der Waals surface area contributed by atoms with Crippen LogP contribution in [0.25, 0.3) is 20.8 Å². The van der Waals surface area contributed by atoms with Crippen LogP contribution in [-0.4, -0.2) is 47.2 Å². The predicted octanol–water partition coefficient (Wildman–Crippen LogP) is 6.34. The van der Waals surface area contributed by atoms with Crippen LogP contribution < -0.4 is 10.6 Å². The number of nitrogens with one attached hydrogen (secondary N) is 2. The number of hydrogen-bond donors (Lipinski definition) is 2. The molecule has 1 aromatic carbocycles. The maximum absolute atomic E-state index is 13.7. The van der Waals surface area contributed by atoms with Gasteiger partial charge in [0.15, 0.2) is 9.84 Å². The third kappa shape index (κ3) is 6.21. The number of fused-ring (bicyclic) bond motifs is 1. The summed E-state index contributed by atoms with van der Waals surface area (Å²) in [5.41, 5.74) is 3.89. The fourth-order valence-corrected chi connectivity index (χ4v) is 8.51. The summed E-state index contributed by atoms with van der Waals surface area (Å²) in [6, 6.07) is 6.03. The predicted molar refractivity (Wildman–Crippen MR) is 162 cm³/mol. The average Bonchev–Trinajstić information content (AvgIpc) is 3.49. The molecule has 2 unspecified atom stereocenters. The highest BCUT2D eigenvalue weighted by Crippen LogP contribution is 2.38. The molecule has 3 aromatic heterocycles. The van der Waals surface area contributed by atoms with Crippen molar-refractivity contribution in [2.75, 3.05) is 29.5 Å². The van der Waals surface area contributed by atoms with E-state index >= 15 is 0 Å². The highest BCUT2D eigenvalue weighted by Gasteiger charge is 2.30. The lowest BCUT2D eigenvalue weighted by Crippen LogP contribution is -2.18. The molecular weight excluding hydrogens is 560 g/mol. The van der Waals surface area contributed by atoms with Crippen LogP contribution in [-0.2, 0) is 9.84 Å². The van der Waals surface area contributed by atoms with E-state index in [-0.39, 0.29) is 22.4 Å². The third-order valence-corrected chi connectivity index (χ3v) is 11.1. The Labute approximate surface area is 244 Å². The Kier molecular flexibility index (Phi) is 7.67. The number of rotatable bonds is 10. The molecule has 2 aliphatic carbocycles. The van der Waals surface area contributed by atoms with Gasteiger partial charge in [0.2, 0.25) is 5.95 Å². The number of anilines is 2. The molecule has 2 N–H and O–H groups in total. The Hall–Kier alpha value is -3.18. The number of aryl methyl sites for hydroxylation is 3. The molecule has 2 aliphatic rings. The van der Waals surface area contributed by atoms with E-state index in [0.717, 1.165) is 63.8 Å². The van der Waals surface area contributed by atoms with Gasteiger partial charge >= 0.3 is 0 Å². The Morgan fingerprint density at radius 3 is 2.44 bits per heavy atom. The van der Waals surface area contributed by atoms with Crippen molar-refractivity contribution < 1.29 is 12.8 Å². The van der Waals surface area contributed by atoms with Gasteiger partial charge in [-0.2, -0.15) is 4.98 Å². The van der Waals surface area contributed by atoms with E-state index < -0.39 is 9.84 Å². The maximum Gasteiger partial charge on any atom is 0.224 e. The summed E-state index contributed by atoms with van der Waals surface area (Å²) in [6.45, 7) is 7.11. The van der Waals surface area contributed by atoms with E-state index in [1.54, 1.807) is 24.5 Å². The van der Waals surface area contributed by atoms with E-state index in [9.17, 15) is 12.8 Å². The lowest BCUT2D eigenvalue weighted by Gasteiger charge is -2.17. The summed E-state index contributed by atoms with van der Waals surface area (Å²) in [5.74, 6) is 2.14. The molecule has 11 heteroatoms. The second-order valence-electron chi connectivity index (χ2n) is 11.6. The monoisotopic (exact) mass is 594 g/mol. The highest BCUT2D eigenvalue weighted by molar-refractivity contribution is 7.91. The van der Waals surface area contributed by atoms with Gasteiger partial charge in [0.05, 0.1) is 32.3 Å². The SMILES string of the molecule is Cc1cc(S(=O)(=O)CC2CCC(CNc3nc(NCC4CC4)nc(C)c3-c3nc4c(C)nccc4s3)C2)ccc1F. The molecule has 0 radical (unpaired) electrons. The summed E-state index contributed by atoms with van der Waals surface area (Å²) >= 11 is 1.61. The van der Waals surface area contributed by atoms with Crippen LogP contribution in [0.2, 0.25) is 0 Å². The Bertz CT molecular complexity index is 1700. The van der Waals surface area contributed by atoms with Crippen molar-refractivity contribution in [3.63, 3.8) is 0 Å². The van der Waals surface area contributed by atoms with Crippen LogP contribution in [0.5, 0.6) is 0 Å². The second kappa shape index (κ2) is 11.2. The minimum absolute atomic E-state index is 0.0688. The van der Waals surface area contributed by atoms with Gasteiger partial charge in [-0.05, 0) is 100 Å². The van der Waals surface area contributed by atoms with Crippen molar-refractivity contribution in [2.45, 2.75) is 57.8 Å². The van der Waals surface area contributed by atoms with Crippen molar-refractivity contribution in [2.24, 2.45) is 17.8 Å². The smallest absolute Gasteiger partial charge is 0.224 e. The minimum Gasteiger partial charge on any atom is -0.369 e. The number of hydrogen-bond acceptors (Lipinski definition) is 9. The average molecular weight is 595 g/mol. The Morgan fingerprint density at radius 2 is 1.68 bits per heavy atom. The van der Waals surface area contributed by atoms with E-state index in [0.29, 0.717) is 29.9 Å². The molecule has 0 saturated heterocycles. The molecule has 2 fully saturated rings. The van der Waals surface area contributed by atoms with Crippen molar-refractivity contribution in [1.82, 2.24) is 19.9 Å². The van der Waals surface area contributed by atoms with E-state index in [2.05, 4.69) is 15.6 Å². The van der Waals surface area contributed by atoms with Gasteiger partial charge < -0.3 is 10.6 Å². The number of thiazole rings is 1. The molecular formula is C30H35FN6O2S2. The molecule has 6 rings (SSSR count). The first-order chi connectivity index (χ1) is 19.7. The normalized spacial score (nSPS) is 19.1. The van der Waals surface area contributed by atoms with Crippen LogP contribution in [0, 0.1) is 44.3 Å².